The second-order valence-electron chi connectivity index (χ2n) is 5.00. The van der Waals surface area contributed by atoms with Crippen molar-refractivity contribution in [2.24, 2.45) is 0 Å². The molecular weight excluding hydrogens is 304 g/mol. The second kappa shape index (κ2) is 5.49. The van der Waals surface area contributed by atoms with E-state index in [9.17, 15) is 5.11 Å². The Hall–Kier alpha value is -1.10. The lowest BCUT2D eigenvalue weighted by atomic mass is 10.1. The van der Waals surface area contributed by atoms with Crippen LogP contribution in [0.1, 0.15) is 5.56 Å². The quantitative estimate of drug-likeness (QED) is 0.893. The van der Waals surface area contributed by atoms with Crippen molar-refractivity contribution in [2.45, 2.75) is 6.54 Å². The van der Waals surface area contributed by atoms with Gasteiger partial charge in [-0.3, -0.25) is 4.90 Å². The normalized spacial score (nSPS) is 16.9. The van der Waals surface area contributed by atoms with Crippen LogP contribution in [0.3, 0.4) is 0 Å². The van der Waals surface area contributed by atoms with Gasteiger partial charge in [0.2, 0.25) is 0 Å². The number of benzene rings is 2. The third-order valence-corrected chi connectivity index (χ3v) is 4.10. The van der Waals surface area contributed by atoms with Crippen molar-refractivity contribution in [3.63, 3.8) is 0 Å². The number of aromatic hydroxyl groups is 1. The number of nitrogens with zero attached hydrogens (tertiary/aromatic N) is 1. The van der Waals surface area contributed by atoms with Crippen LogP contribution in [0.4, 0.5) is 0 Å². The summed E-state index contributed by atoms with van der Waals surface area (Å²) in [7, 11) is 0. The summed E-state index contributed by atoms with van der Waals surface area (Å²) in [5.41, 5.74) is 1.01. The average Bonchev–Trinajstić information content (AvgIpc) is 2.41. The Bertz CT molecular complexity index is 594. The van der Waals surface area contributed by atoms with Gasteiger partial charge in [0, 0.05) is 42.8 Å². The Morgan fingerprint density at radius 1 is 1.11 bits per heavy atom. The molecule has 2 aromatic carbocycles. The minimum absolute atomic E-state index is 0.397. The second-order valence-corrected chi connectivity index (χ2v) is 5.91. The fraction of sp³-hybridized carbons (Fsp3) is 0.333. The van der Waals surface area contributed by atoms with Gasteiger partial charge >= 0.3 is 0 Å². The molecule has 4 heteroatoms. The first-order chi connectivity index (χ1) is 9.22. The highest BCUT2D eigenvalue weighted by Gasteiger charge is 2.12. The summed E-state index contributed by atoms with van der Waals surface area (Å²) >= 11 is 3.49. The smallest absolute Gasteiger partial charge is 0.120 e. The molecule has 3 rings (SSSR count). The van der Waals surface area contributed by atoms with E-state index in [2.05, 4.69) is 38.3 Å². The summed E-state index contributed by atoms with van der Waals surface area (Å²) in [5, 5.41) is 15.7. The number of hydrogen-bond donors (Lipinski definition) is 2. The van der Waals surface area contributed by atoms with Crippen molar-refractivity contribution in [1.29, 1.82) is 0 Å². The minimum atomic E-state index is 0.397. The summed E-state index contributed by atoms with van der Waals surface area (Å²) in [6.45, 7) is 4.95. The van der Waals surface area contributed by atoms with Crippen LogP contribution in [0.2, 0.25) is 0 Å². The van der Waals surface area contributed by atoms with Crippen LogP contribution in [0, 0.1) is 0 Å². The lowest BCUT2D eigenvalue weighted by Gasteiger charge is -2.27. The van der Waals surface area contributed by atoms with Gasteiger partial charge in [-0.2, -0.15) is 0 Å². The van der Waals surface area contributed by atoms with E-state index in [4.69, 9.17) is 0 Å². The number of hydrogen-bond acceptors (Lipinski definition) is 3. The molecule has 1 aliphatic rings. The molecule has 0 bridgehead atoms. The molecule has 1 saturated heterocycles. The number of phenolic OH excluding ortho intramolecular Hbond substituents is 1. The number of nitrogens with one attached hydrogen (secondary N) is 1. The molecule has 0 spiro atoms. The van der Waals surface area contributed by atoms with Gasteiger partial charge in [0.15, 0.2) is 0 Å². The maximum absolute atomic E-state index is 10.2. The molecule has 3 nitrogen and oxygen atoms in total. The summed E-state index contributed by atoms with van der Waals surface area (Å²) in [4.78, 5) is 2.37. The molecule has 0 atom stereocenters. The molecule has 0 saturated carbocycles. The van der Waals surface area contributed by atoms with Crippen molar-refractivity contribution in [3.8, 4) is 5.75 Å². The molecule has 2 N–H and O–H groups in total. The zero-order valence-corrected chi connectivity index (χ0v) is 12.3. The summed E-state index contributed by atoms with van der Waals surface area (Å²) in [6, 6.07) is 10.1. The van der Waals surface area contributed by atoms with Crippen LogP contribution in [-0.2, 0) is 6.54 Å². The van der Waals surface area contributed by atoms with Crippen molar-refractivity contribution in [1.82, 2.24) is 10.2 Å². The Kier molecular flexibility index (Phi) is 3.73. The number of halogens is 1. The van der Waals surface area contributed by atoms with E-state index in [1.165, 1.54) is 0 Å². The third-order valence-electron chi connectivity index (χ3n) is 3.60. The molecule has 0 aromatic heterocycles. The Labute approximate surface area is 121 Å². The van der Waals surface area contributed by atoms with E-state index >= 15 is 0 Å². The van der Waals surface area contributed by atoms with E-state index < -0.39 is 0 Å². The first-order valence-corrected chi connectivity index (χ1v) is 7.36. The maximum Gasteiger partial charge on any atom is 0.120 e. The Balaban J connectivity index is 1.91. The first-order valence-electron chi connectivity index (χ1n) is 6.56. The van der Waals surface area contributed by atoms with Crippen LogP contribution in [0.25, 0.3) is 10.8 Å². The lowest BCUT2D eigenvalue weighted by molar-refractivity contribution is 0.230. The molecule has 1 heterocycles. The first kappa shape index (κ1) is 12.9. The number of piperazine rings is 1. The van der Waals surface area contributed by atoms with Gasteiger partial charge in [0.1, 0.15) is 5.75 Å². The topological polar surface area (TPSA) is 35.5 Å². The molecule has 0 aliphatic carbocycles. The van der Waals surface area contributed by atoms with E-state index in [0.29, 0.717) is 5.75 Å². The zero-order valence-electron chi connectivity index (χ0n) is 10.7. The van der Waals surface area contributed by atoms with Gasteiger partial charge in [-0.1, -0.05) is 22.0 Å². The van der Waals surface area contributed by atoms with E-state index in [1.807, 2.05) is 18.2 Å². The van der Waals surface area contributed by atoms with Gasteiger partial charge in [-0.25, -0.2) is 0 Å². The summed E-state index contributed by atoms with van der Waals surface area (Å²) < 4.78 is 1.07. The predicted octanol–water partition coefficient (Wildman–Crippen LogP) is 2.71. The highest BCUT2D eigenvalue weighted by Crippen LogP contribution is 2.28. The van der Waals surface area contributed by atoms with Crippen molar-refractivity contribution >= 4 is 26.7 Å². The van der Waals surface area contributed by atoms with Crippen molar-refractivity contribution in [2.75, 3.05) is 26.2 Å². The van der Waals surface area contributed by atoms with E-state index in [0.717, 1.165) is 53.5 Å². The van der Waals surface area contributed by atoms with Crippen LogP contribution in [0.15, 0.2) is 34.8 Å². The Morgan fingerprint density at radius 2 is 1.89 bits per heavy atom. The van der Waals surface area contributed by atoms with Gasteiger partial charge in [-0.05, 0) is 35.0 Å². The zero-order chi connectivity index (χ0) is 13.2. The highest BCUT2D eigenvalue weighted by atomic mass is 79.9. The highest BCUT2D eigenvalue weighted by molar-refractivity contribution is 9.10. The number of rotatable bonds is 2. The average molecular weight is 321 g/mol. The Morgan fingerprint density at radius 3 is 2.68 bits per heavy atom. The van der Waals surface area contributed by atoms with Crippen LogP contribution >= 0.6 is 15.9 Å². The fourth-order valence-electron chi connectivity index (χ4n) is 2.54. The largest absolute Gasteiger partial charge is 0.508 e. The summed E-state index contributed by atoms with van der Waals surface area (Å²) in [5.74, 6) is 0.397. The SMILES string of the molecule is Oc1cc2ccc(Br)cc2cc1CN1CCNCC1. The van der Waals surface area contributed by atoms with Gasteiger partial charge < -0.3 is 10.4 Å². The minimum Gasteiger partial charge on any atom is -0.508 e. The van der Waals surface area contributed by atoms with Crippen LogP contribution < -0.4 is 5.32 Å². The van der Waals surface area contributed by atoms with Gasteiger partial charge in [-0.15, -0.1) is 0 Å². The molecule has 2 aromatic rings. The van der Waals surface area contributed by atoms with Crippen LogP contribution in [-0.4, -0.2) is 36.2 Å². The lowest BCUT2D eigenvalue weighted by Crippen LogP contribution is -2.42. The predicted molar refractivity (Wildman–Crippen MR) is 81.5 cm³/mol. The molecule has 0 amide bonds. The van der Waals surface area contributed by atoms with Crippen molar-refractivity contribution < 1.29 is 5.11 Å². The molecule has 100 valence electrons. The third kappa shape index (κ3) is 2.91. The van der Waals surface area contributed by atoms with E-state index in [-0.39, 0.29) is 0 Å². The summed E-state index contributed by atoms with van der Waals surface area (Å²) in [6.07, 6.45) is 0. The molecule has 0 unspecified atom stereocenters. The molecule has 1 aliphatic heterocycles. The maximum atomic E-state index is 10.2. The van der Waals surface area contributed by atoms with Gasteiger partial charge in [0.25, 0.3) is 0 Å². The van der Waals surface area contributed by atoms with E-state index in [1.54, 1.807) is 0 Å². The number of fused-ring (bicyclic) bond motifs is 1. The molecule has 0 radical (unpaired) electrons. The van der Waals surface area contributed by atoms with Gasteiger partial charge in [0.05, 0.1) is 0 Å². The molecule has 1 fully saturated rings. The van der Waals surface area contributed by atoms with Crippen molar-refractivity contribution in [3.05, 3.63) is 40.4 Å². The number of phenols is 1. The molecular formula is C15H17BrN2O. The monoisotopic (exact) mass is 320 g/mol. The molecule has 19 heavy (non-hydrogen) atoms. The standard InChI is InChI=1S/C15H17BrN2O/c16-14-2-1-11-9-15(19)13(7-12(11)8-14)10-18-5-3-17-4-6-18/h1-2,7-9,17,19H,3-6,10H2. The fourth-order valence-corrected chi connectivity index (χ4v) is 2.92. The van der Waals surface area contributed by atoms with Crippen LogP contribution in [0.5, 0.6) is 5.75 Å².